The van der Waals surface area contributed by atoms with Crippen molar-refractivity contribution in [1.29, 1.82) is 0 Å². The molecule has 4 nitrogen and oxygen atoms in total. The second-order valence-corrected chi connectivity index (χ2v) is 8.25. The van der Waals surface area contributed by atoms with E-state index < -0.39 is 5.97 Å². The third kappa shape index (κ3) is 14.7. The van der Waals surface area contributed by atoms with Crippen LogP contribution in [0.15, 0.2) is 0 Å². The normalized spacial score (nSPS) is 12.6. The van der Waals surface area contributed by atoms with Crippen molar-refractivity contribution in [2.24, 2.45) is 10.8 Å². The maximum absolute atomic E-state index is 10.7. The summed E-state index contributed by atoms with van der Waals surface area (Å²) in [7, 11) is 0. The number of carboxylic acid groups (broad SMARTS) is 1. The van der Waals surface area contributed by atoms with Crippen LogP contribution in [0, 0.1) is 10.8 Å². The molecular weight excluding hydrogens is 292 g/mol. The van der Waals surface area contributed by atoms with Crippen LogP contribution < -0.4 is 0 Å². The largest absolute Gasteiger partial charge is 0.481 e. The van der Waals surface area contributed by atoms with Crippen LogP contribution in [0.5, 0.6) is 0 Å². The predicted molar refractivity (Wildman–Crippen MR) is 94.7 cm³/mol. The topological polar surface area (TPSA) is 66.8 Å². The first-order valence-corrected chi connectivity index (χ1v) is 9.09. The summed E-state index contributed by atoms with van der Waals surface area (Å²) in [5, 5.41) is 17.7. The summed E-state index contributed by atoms with van der Waals surface area (Å²) < 4.78 is 5.67. The van der Waals surface area contributed by atoms with E-state index in [1.54, 1.807) is 0 Å². The number of aliphatic carboxylic acids is 1. The van der Waals surface area contributed by atoms with Gasteiger partial charge in [0.1, 0.15) is 0 Å². The highest BCUT2D eigenvalue weighted by molar-refractivity contribution is 5.67. The first-order valence-electron chi connectivity index (χ1n) is 9.09. The van der Waals surface area contributed by atoms with E-state index in [2.05, 4.69) is 13.8 Å². The second-order valence-electron chi connectivity index (χ2n) is 8.25. The van der Waals surface area contributed by atoms with Crippen molar-refractivity contribution in [1.82, 2.24) is 0 Å². The standard InChI is InChI=1S/C19H38O4/c1-18(2,12-9-13-20)10-5-7-14-23-15-8-6-11-19(3,4)16-17(21)22/h20H,5-16H2,1-4H3,(H,21,22). The van der Waals surface area contributed by atoms with E-state index >= 15 is 0 Å². The van der Waals surface area contributed by atoms with Crippen molar-refractivity contribution in [3.05, 3.63) is 0 Å². The Morgan fingerprint density at radius 3 is 1.78 bits per heavy atom. The summed E-state index contributed by atoms with van der Waals surface area (Å²) in [4.78, 5) is 10.7. The molecule has 0 saturated carbocycles. The number of carboxylic acids is 1. The Labute approximate surface area is 142 Å². The summed E-state index contributed by atoms with van der Waals surface area (Å²) in [6.45, 7) is 10.4. The molecule has 0 bridgehead atoms. The lowest BCUT2D eigenvalue weighted by atomic mass is 9.83. The third-order valence-electron chi connectivity index (χ3n) is 4.43. The fraction of sp³-hybridized carbons (Fsp3) is 0.947. The quantitative estimate of drug-likeness (QED) is 0.429. The summed E-state index contributed by atoms with van der Waals surface area (Å²) in [6, 6.07) is 0. The first kappa shape index (κ1) is 22.4. The number of aliphatic hydroxyl groups is 1. The highest BCUT2D eigenvalue weighted by Gasteiger charge is 2.20. The molecule has 0 unspecified atom stereocenters. The van der Waals surface area contributed by atoms with E-state index in [0.717, 1.165) is 51.7 Å². The lowest BCUT2D eigenvalue weighted by Gasteiger charge is -2.24. The maximum atomic E-state index is 10.7. The highest BCUT2D eigenvalue weighted by atomic mass is 16.5. The van der Waals surface area contributed by atoms with Crippen molar-refractivity contribution in [2.45, 2.75) is 85.5 Å². The molecule has 0 saturated heterocycles. The van der Waals surface area contributed by atoms with Crippen molar-refractivity contribution in [2.75, 3.05) is 19.8 Å². The molecule has 138 valence electrons. The number of unbranched alkanes of at least 4 members (excludes halogenated alkanes) is 2. The van der Waals surface area contributed by atoms with Crippen molar-refractivity contribution < 1.29 is 19.7 Å². The number of ether oxygens (including phenoxy) is 1. The van der Waals surface area contributed by atoms with Crippen molar-refractivity contribution in [3.8, 4) is 0 Å². The van der Waals surface area contributed by atoms with Gasteiger partial charge < -0.3 is 14.9 Å². The molecule has 0 spiro atoms. The number of carbonyl (C=O) groups is 1. The lowest BCUT2D eigenvalue weighted by Crippen LogP contribution is -2.16. The fourth-order valence-corrected chi connectivity index (χ4v) is 2.90. The summed E-state index contributed by atoms with van der Waals surface area (Å²) in [6.07, 6.45) is 8.61. The smallest absolute Gasteiger partial charge is 0.303 e. The van der Waals surface area contributed by atoms with Gasteiger partial charge in [-0.05, 0) is 49.4 Å². The van der Waals surface area contributed by atoms with E-state index in [9.17, 15) is 4.79 Å². The summed E-state index contributed by atoms with van der Waals surface area (Å²) >= 11 is 0. The Morgan fingerprint density at radius 2 is 1.30 bits per heavy atom. The van der Waals surface area contributed by atoms with Crippen molar-refractivity contribution in [3.63, 3.8) is 0 Å². The molecule has 0 heterocycles. The van der Waals surface area contributed by atoms with E-state index in [0.29, 0.717) is 5.41 Å². The minimum atomic E-state index is -0.715. The number of rotatable bonds is 15. The van der Waals surface area contributed by atoms with Crippen LogP contribution in [0.3, 0.4) is 0 Å². The fourth-order valence-electron chi connectivity index (χ4n) is 2.90. The number of hydrogen-bond acceptors (Lipinski definition) is 3. The van der Waals surface area contributed by atoms with Gasteiger partial charge in [0.2, 0.25) is 0 Å². The van der Waals surface area contributed by atoms with Gasteiger partial charge in [-0.1, -0.05) is 40.5 Å². The van der Waals surface area contributed by atoms with Gasteiger partial charge in [0.05, 0.1) is 6.42 Å². The molecule has 0 aromatic rings. The minimum absolute atomic E-state index is 0.119. The van der Waals surface area contributed by atoms with Crippen LogP contribution in [-0.4, -0.2) is 36.0 Å². The summed E-state index contributed by atoms with van der Waals surface area (Å²) in [5.74, 6) is -0.715. The molecule has 2 N–H and O–H groups in total. The molecule has 0 aliphatic rings. The van der Waals surface area contributed by atoms with E-state index in [4.69, 9.17) is 14.9 Å². The van der Waals surface area contributed by atoms with Crippen LogP contribution in [0.1, 0.15) is 85.5 Å². The highest BCUT2D eigenvalue weighted by Crippen LogP contribution is 2.29. The van der Waals surface area contributed by atoms with E-state index in [1.165, 1.54) is 12.8 Å². The molecule has 0 aromatic heterocycles. The zero-order chi connectivity index (χ0) is 17.8. The minimum Gasteiger partial charge on any atom is -0.481 e. The van der Waals surface area contributed by atoms with Gasteiger partial charge in [-0.15, -0.1) is 0 Å². The zero-order valence-corrected chi connectivity index (χ0v) is 15.7. The molecule has 0 aliphatic heterocycles. The van der Waals surface area contributed by atoms with Crippen molar-refractivity contribution >= 4 is 5.97 Å². The van der Waals surface area contributed by atoms with Gasteiger partial charge in [-0.25, -0.2) is 0 Å². The van der Waals surface area contributed by atoms with Crippen LogP contribution >= 0.6 is 0 Å². The Hall–Kier alpha value is -0.610. The lowest BCUT2D eigenvalue weighted by molar-refractivity contribution is -0.139. The third-order valence-corrected chi connectivity index (χ3v) is 4.43. The summed E-state index contributed by atoms with van der Waals surface area (Å²) in [5.41, 5.74) is 0.199. The van der Waals surface area contributed by atoms with Crippen LogP contribution in [0.2, 0.25) is 0 Å². The maximum Gasteiger partial charge on any atom is 0.303 e. The van der Waals surface area contributed by atoms with E-state index in [1.807, 2.05) is 13.8 Å². The number of hydrogen-bond donors (Lipinski definition) is 2. The zero-order valence-electron chi connectivity index (χ0n) is 15.7. The number of aliphatic hydroxyl groups excluding tert-OH is 1. The molecule has 0 aromatic carbocycles. The first-order chi connectivity index (χ1) is 10.7. The van der Waals surface area contributed by atoms with Gasteiger partial charge in [0, 0.05) is 19.8 Å². The van der Waals surface area contributed by atoms with Gasteiger partial charge in [-0.3, -0.25) is 4.79 Å². The molecule has 0 aliphatic carbocycles. The average molecular weight is 331 g/mol. The van der Waals surface area contributed by atoms with Crippen LogP contribution in [0.25, 0.3) is 0 Å². The monoisotopic (exact) mass is 330 g/mol. The Balaban J connectivity index is 3.48. The Morgan fingerprint density at radius 1 is 0.826 bits per heavy atom. The van der Waals surface area contributed by atoms with Crippen LogP contribution in [-0.2, 0) is 9.53 Å². The van der Waals surface area contributed by atoms with Gasteiger partial charge in [0.15, 0.2) is 0 Å². The van der Waals surface area contributed by atoms with Gasteiger partial charge in [-0.2, -0.15) is 0 Å². The van der Waals surface area contributed by atoms with Gasteiger partial charge in [0.25, 0.3) is 0 Å². The molecule has 0 fully saturated rings. The molecule has 0 atom stereocenters. The molecular formula is C19H38O4. The molecule has 0 rings (SSSR count). The molecule has 4 heteroatoms. The molecule has 0 radical (unpaired) electrons. The average Bonchev–Trinajstić information content (AvgIpc) is 2.42. The van der Waals surface area contributed by atoms with E-state index in [-0.39, 0.29) is 18.4 Å². The predicted octanol–water partition coefficient (Wildman–Crippen LogP) is 4.64. The van der Waals surface area contributed by atoms with Crippen LogP contribution in [0.4, 0.5) is 0 Å². The second kappa shape index (κ2) is 11.9. The Kier molecular flexibility index (Phi) is 11.5. The molecule has 23 heavy (non-hydrogen) atoms. The van der Waals surface area contributed by atoms with Gasteiger partial charge >= 0.3 is 5.97 Å². The molecule has 0 amide bonds. The Bertz CT molecular complexity index is 310. The SMILES string of the molecule is CC(C)(CCCO)CCCCOCCCCC(C)(C)CC(=O)O.